The van der Waals surface area contributed by atoms with Crippen molar-refractivity contribution in [2.45, 2.75) is 13.8 Å². The van der Waals surface area contributed by atoms with E-state index in [1.54, 1.807) is 11.0 Å². The maximum atomic E-state index is 4.22. The zero-order chi connectivity index (χ0) is 9.26. The summed E-state index contributed by atoms with van der Waals surface area (Å²) in [6.07, 6.45) is 1.75. The Kier molecular flexibility index (Phi) is 1.85. The molecule has 13 heavy (non-hydrogen) atoms. The Bertz CT molecular complexity index is 400. The molecule has 1 aromatic carbocycles. The van der Waals surface area contributed by atoms with Gasteiger partial charge in [-0.3, -0.25) is 0 Å². The van der Waals surface area contributed by atoms with Gasteiger partial charge >= 0.3 is 0 Å². The van der Waals surface area contributed by atoms with Crippen LogP contribution in [0.3, 0.4) is 0 Å². The van der Waals surface area contributed by atoms with E-state index in [1.807, 2.05) is 31.2 Å². The lowest BCUT2D eigenvalue weighted by atomic mass is 10.2. The molecule has 0 aliphatic carbocycles. The first-order chi connectivity index (χ1) is 6.25. The van der Waals surface area contributed by atoms with Crippen LogP contribution in [0.4, 0.5) is 0 Å². The van der Waals surface area contributed by atoms with Gasteiger partial charge in [0.25, 0.3) is 0 Å². The van der Waals surface area contributed by atoms with Gasteiger partial charge < -0.3 is 0 Å². The average molecular weight is 173 g/mol. The number of rotatable bonds is 1. The fourth-order valence-electron chi connectivity index (χ4n) is 1.14. The highest BCUT2D eigenvalue weighted by Gasteiger charge is 1.97. The van der Waals surface area contributed by atoms with Gasteiger partial charge in [-0.2, -0.15) is 15.0 Å². The molecule has 1 aromatic heterocycles. The highest BCUT2D eigenvalue weighted by molar-refractivity contribution is 5.32. The van der Waals surface area contributed by atoms with Crippen molar-refractivity contribution in [3.05, 3.63) is 41.7 Å². The van der Waals surface area contributed by atoms with Crippen molar-refractivity contribution in [2.24, 2.45) is 0 Å². The van der Waals surface area contributed by atoms with Gasteiger partial charge in [0.05, 0.1) is 17.6 Å². The second-order valence-corrected chi connectivity index (χ2v) is 3.11. The maximum Gasteiger partial charge on any atom is 0.0856 e. The summed E-state index contributed by atoms with van der Waals surface area (Å²) in [6, 6.07) is 8.12. The predicted octanol–water partition coefficient (Wildman–Crippen LogP) is 1.88. The van der Waals surface area contributed by atoms with Crippen LogP contribution in [0.15, 0.2) is 30.5 Å². The van der Waals surface area contributed by atoms with Crippen molar-refractivity contribution in [3.8, 4) is 5.69 Å². The van der Waals surface area contributed by atoms with E-state index in [2.05, 4.69) is 17.1 Å². The van der Waals surface area contributed by atoms with E-state index in [4.69, 9.17) is 0 Å². The molecule has 0 spiro atoms. The zero-order valence-corrected chi connectivity index (χ0v) is 7.73. The highest BCUT2D eigenvalue weighted by atomic mass is 15.5. The van der Waals surface area contributed by atoms with Crippen LogP contribution in [-0.2, 0) is 0 Å². The van der Waals surface area contributed by atoms with Crippen LogP contribution in [0.2, 0.25) is 0 Å². The smallest absolute Gasteiger partial charge is 0.0856 e. The summed E-state index contributed by atoms with van der Waals surface area (Å²) in [5.74, 6) is 0. The molecule has 66 valence electrons. The number of hydrogen-bond donors (Lipinski definition) is 0. The fraction of sp³-hybridized carbons (Fsp3) is 0.200. The second-order valence-electron chi connectivity index (χ2n) is 3.11. The molecule has 0 atom stereocenters. The number of aryl methyl sites for hydroxylation is 2. The quantitative estimate of drug-likeness (QED) is 0.659. The Labute approximate surface area is 77.0 Å². The van der Waals surface area contributed by atoms with Crippen molar-refractivity contribution in [2.75, 3.05) is 0 Å². The molecular weight excluding hydrogens is 162 g/mol. The highest BCUT2D eigenvalue weighted by Crippen LogP contribution is 2.06. The molecule has 0 N–H and O–H groups in total. The number of nitrogens with zero attached hydrogens (tertiary/aromatic N) is 3. The van der Waals surface area contributed by atoms with Gasteiger partial charge in [-0.1, -0.05) is 17.7 Å². The van der Waals surface area contributed by atoms with Gasteiger partial charge in [-0.25, -0.2) is 0 Å². The van der Waals surface area contributed by atoms with Gasteiger partial charge in [-0.05, 0) is 26.0 Å². The molecule has 0 bridgehead atoms. The summed E-state index contributed by atoms with van der Waals surface area (Å²) in [5, 5.41) is 8.34. The Morgan fingerprint density at radius 1 is 1.08 bits per heavy atom. The minimum atomic E-state index is 0.931. The lowest BCUT2D eigenvalue weighted by Gasteiger charge is -1.98. The molecule has 0 saturated carbocycles. The minimum Gasteiger partial charge on any atom is -0.157 e. The third-order valence-corrected chi connectivity index (χ3v) is 1.87. The monoisotopic (exact) mass is 173 g/mol. The third kappa shape index (κ3) is 1.59. The average Bonchev–Trinajstić information content (AvgIpc) is 2.53. The summed E-state index contributed by atoms with van der Waals surface area (Å²) < 4.78 is 0. The van der Waals surface area contributed by atoms with Crippen molar-refractivity contribution < 1.29 is 0 Å². The van der Waals surface area contributed by atoms with Crippen LogP contribution >= 0.6 is 0 Å². The van der Waals surface area contributed by atoms with Crippen molar-refractivity contribution in [3.63, 3.8) is 0 Å². The van der Waals surface area contributed by atoms with Crippen LogP contribution < -0.4 is 0 Å². The topological polar surface area (TPSA) is 30.7 Å². The Morgan fingerprint density at radius 3 is 2.31 bits per heavy atom. The van der Waals surface area contributed by atoms with E-state index < -0.39 is 0 Å². The minimum absolute atomic E-state index is 0.931. The Hall–Kier alpha value is -1.64. The molecule has 2 aromatic rings. The van der Waals surface area contributed by atoms with E-state index in [0.29, 0.717) is 0 Å². The fourth-order valence-corrected chi connectivity index (χ4v) is 1.14. The molecule has 0 fully saturated rings. The second kappa shape index (κ2) is 3.01. The van der Waals surface area contributed by atoms with Crippen molar-refractivity contribution in [1.29, 1.82) is 0 Å². The van der Waals surface area contributed by atoms with E-state index in [-0.39, 0.29) is 0 Å². The zero-order valence-electron chi connectivity index (χ0n) is 7.73. The molecule has 2 rings (SSSR count). The molecule has 0 aliphatic rings. The standard InChI is InChI=1S/C10H11N3/c1-8-3-5-10(6-4-8)13-11-7-9(2)12-13/h3-7H,1-2H3. The van der Waals surface area contributed by atoms with E-state index in [9.17, 15) is 0 Å². The first-order valence-electron chi connectivity index (χ1n) is 4.22. The van der Waals surface area contributed by atoms with Crippen LogP contribution in [-0.4, -0.2) is 15.0 Å². The Morgan fingerprint density at radius 2 is 1.77 bits per heavy atom. The largest absolute Gasteiger partial charge is 0.157 e. The summed E-state index contributed by atoms with van der Waals surface area (Å²) in [5.41, 5.74) is 3.17. The van der Waals surface area contributed by atoms with Crippen LogP contribution in [0.1, 0.15) is 11.3 Å². The first-order valence-corrected chi connectivity index (χ1v) is 4.22. The summed E-state index contributed by atoms with van der Waals surface area (Å²) in [6.45, 7) is 3.99. The van der Waals surface area contributed by atoms with Gasteiger partial charge in [0.1, 0.15) is 0 Å². The van der Waals surface area contributed by atoms with Gasteiger partial charge in [0.2, 0.25) is 0 Å². The molecule has 3 heteroatoms. The molecule has 0 radical (unpaired) electrons. The van der Waals surface area contributed by atoms with Gasteiger partial charge in [0.15, 0.2) is 0 Å². The van der Waals surface area contributed by atoms with Crippen molar-refractivity contribution in [1.82, 2.24) is 15.0 Å². The molecule has 0 saturated heterocycles. The molecule has 1 heterocycles. The normalized spacial score (nSPS) is 10.3. The maximum absolute atomic E-state index is 4.22. The number of hydrogen-bond acceptors (Lipinski definition) is 2. The first kappa shape index (κ1) is 7.98. The number of benzene rings is 1. The lowest BCUT2D eigenvalue weighted by molar-refractivity contribution is 0.745. The molecule has 3 nitrogen and oxygen atoms in total. The molecule has 0 unspecified atom stereocenters. The van der Waals surface area contributed by atoms with Crippen LogP contribution in [0, 0.1) is 13.8 Å². The van der Waals surface area contributed by atoms with Crippen LogP contribution in [0.5, 0.6) is 0 Å². The Balaban J connectivity index is 2.41. The van der Waals surface area contributed by atoms with Gasteiger partial charge in [-0.15, -0.1) is 0 Å². The number of aromatic nitrogens is 3. The van der Waals surface area contributed by atoms with Crippen molar-refractivity contribution >= 4 is 0 Å². The lowest BCUT2D eigenvalue weighted by Crippen LogP contribution is -1.98. The molecular formula is C10H11N3. The van der Waals surface area contributed by atoms with Crippen LogP contribution in [0.25, 0.3) is 5.69 Å². The molecule has 0 amide bonds. The summed E-state index contributed by atoms with van der Waals surface area (Å²) in [4.78, 5) is 1.63. The summed E-state index contributed by atoms with van der Waals surface area (Å²) >= 11 is 0. The van der Waals surface area contributed by atoms with E-state index in [0.717, 1.165) is 11.4 Å². The summed E-state index contributed by atoms with van der Waals surface area (Å²) in [7, 11) is 0. The third-order valence-electron chi connectivity index (χ3n) is 1.87. The molecule has 0 aliphatic heterocycles. The SMILES string of the molecule is Cc1ccc(-n2ncc(C)n2)cc1. The van der Waals surface area contributed by atoms with E-state index in [1.165, 1.54) is 5.56 Å². The predicted molar refractivity (Wildman–Crippen MR) is 50.8 cm³/mol. The van der Waals surface area contributed by atoms with E-state index >= 15 is 0 Å². The van der Waals surface area contributed by atoms with Gasteiger partial charge in [0, 0.05) is 0 Å².